The molecule has 3 N–H and O–H groups in total. The van der Waals surface area contributed by atoms with Gasteiger partial charge < -0.3 is 15.8 Å². The lowest BCUT2D eigenvalue weighted by Crippen LogP contribution is -2.37. The average molecular weight is 223 g/mol. The van der Waals surface area contributed by atoms with E-state index in [4.69, 9.17) is 10.5 Å². The number of nitrogens with one attached hydrogen (secondary N) is 1. The first kappa shape index (κ1) is 12.4. The third-order valence-electron chi connectivity index (χ3n) is 2.21. The quantitative estimate of drug-likeness (QED) is 0.774. The van der Waals surface area contributed by atoms with Crippen molar-refractivity contribution < 1.29 is 9.53 Å². The predicted molar refractivity (Wildman–Crippen MR) is 62.1 cm³/mol. The fraction of sp³-hybridized carbons (Fsp3) is 0.455. The third kappa shape index (κ3) is 3.51. The van der Waals surface area contributed by atoms with Crippen LogP contribution >= 0.6 is 0 Å². The molecular formula is C11H17N3O2. The number of nitrogens with zero attached hydrogens (tertiary/aromatic N) is 1. The molecule has 0 aliphatic carbocycles. The van der Waals surface area contributed by atoms with Gasteiger partial charge in [-0.2, -0.15) is 0 Å². The fourth-order valence-corrected chi connectivity index (χ4v) is 1.29. The molecule has 0 saturated carbocycles. The monoisotopic (exact) mass is 223 g/mol. The molecule has 16 heavy (non-hydrogen) atoms. The number of amides is 1. The Balaban J connectivity index is 2.64. The topological polar surface area (TPSA) is 77.2 Å². The van der Waals surface area contributed by atoms with Crippen LogP contribution in [0.2, 0.25) is 0 Å². The average Bonchev–Trinajstić information content (AvgIpc) is 2.28. The van der Waals surface area contributed by atoms with E-state index in [1.165, 1.54) is 6.20 Å². The molecule has 1 aromatic heterocycles. The molecule has 1 unspecified atom stereocenters. The lowest BCUT2D eigenvalue weighted by atomic mass is 10.2. The van der Waals surface area contributed by atoms with E-state index < -0.39 is 0 Å². The third-order valence-corrected chi connectivity index (χ3v) is 2.21. The lowest BCUT2D eigenvalue weighted by Gasteiger charge is -2.15. The van der Waals surface area contributed by atoms with E-state index in [9.17, 15) is 4.79 Å². The fourth-order valence-electron chi connectivity index (χ4n) is 1.29. The number of pyridine rings is 1. The zero-order chi connectivity index (χ0) is 12.0. The summed E-state index contributed by atoms with van der Waals surface area (Å²) >= 11 is 0. The number of anilines is 1. The first-order valence-electron chi connectivity index (χ1n) is 5.18. The highest BCUT2D eigenvalue weighted by Crippen LogP contribution is 2.03. The molecule has 1 rings (SSSR count). The summed E-state index contributed by atoms with van der Waals surface area (Å²) in [6.07, 6.45) is 2.32. The van der Waals surface area contributed by atoms with Crippen LogP contribution in [0.25, 0.3) is 0 Å². The summed E-state index contributed by atoms with van der Waals surface area (Å²) in [5.41, 5.74) is 6.43. The van der Waals surface area contributed by atoms with Crippen LogP contribution in [-0.2, 0) is 4.74 Å². The Labute approximate surface area is 95.0 Å². The highest BCUT2D eigenvalue weighted by molar-refractivity contribution is 5.93. The second-order valence-electron chi connectivity index (χ2n) is 3.51. The number of methoxy groups -OCH3 is 1. The van der Waals surface area contributed by atoms with Crippen LogP contribution in [0.1, 0.15) is 23.8 Å². The van der Waals surface area contributed by atoms with Crippen molar-refractivity contribution in [1.29, 1.82) is 0 Å². The van der Waals surface area contributed by atoms with E-state index >= 15 is 0 Å². The Morgan fingerprint density at radius 1 is 1.69 bits per heavy atom. The second-order valence-corrected chi connectivity index (χ2v) is 3.51. The number of hydrogen-bond donors (Lipinski definition) is 2. The van der Waals surface area contributed by atoms with E-state index in [0.29, 0.717) is 18.0 Å². The first-order valence-corrected chi connectivity index (χ1v) is 5.18. The molecule has 0 fully saturated rings. The summed E-state index contributed by atoms with van der Waals surface area (Å²) in [5, 5.41) is 2.83. The number of carbonyl (C=O) groups is 1. The highest BCUT2D eigenvalue weighted by Gasteiger charge is 2.12. The molecular weight excluding hydrogens is 206 g/mol. The molecule has 1 heterocycles. The first-order chi connectivity index (χ1) is 7.67. The number of rotatable bonds is 5. The maximum Gasteiger partial charge on any atom is 0.270 e. The van der Waals surface area contributed by atoms with Crippen LogP contribution in [0.15, 0.2) is 18.3 Å². The number of nitrogen functional groups attached to an aromatic ring is 1. The van der Waals surface area contributed by atoms with Crippen LogP contribution in [0, 0.1) is 0 Å². The van der Waals surface area contributed by atoms with Crippen LogP contribution in [0.5, 0.6) is 0 Å². The van der Waals surface area contributed by atoms with Crippen molar-refractivity contribution in [3.63, 3.8) is 0 Å². The van der Waals surface area contributed by atoms with Gasteiger partial charge in [-0.3, -0.25) is 9.78 Å². The standard InChI is InChI=1S/C11H17N3O2/c1-3-9(7-16-2)14-11(15)10-6-8(12)4-5-13-10/h4-6,9H,3,7H2,1-2H3,(H2,12,13)(H,14,15). The van der Waals surface area contributed by atoms with Gasteiger partial charge in [0.25, 0.3) is 5.91 Å². The Hall–Kier alpha value is -1.62. The Kier molecular flexibility index (Phi) is 4.72. The molecule has 1 aromatic rings. The predicted octanol–water partition coefficient (Wildman–Crippen LogP) is 0.819. The van der Waals surface area contributed by atoms with Crippen molar-refractivity contribution in [3.8, 4) is 0 Å². The van der Waals surface area contributed by atoms with E-state index in [1.54, 1.807) is 19.2 Å². The molecule has 5 nitrogen and oxygen atoms in total. The summed E-state index contributed by atoms with van der Waals surface area (Å²) in [4.78, 5) is 15.7. The van der Waals surface area contributed by atoms with Gasteiger partial charge in [0.05, 0.1) is 12.6 Å². The zero-order valence-electron chi connectivity index (χ0n) is 9.56. The van der Waals surface area contributed by atoms with Crippen LogP contribution < -0.4 is 11.1 Å². The smallest absolute Gasteiger partial charge is 0.270 e. The Morgan fingerprint density at radius 2 is 2.44 bits per heavy atom. The van der Waals surface area contributed by atoms with Crippen molar-refractivity contribution in [2.75, 3.05) is 19.5 Å². The van der Waals surface area contributed by atoms with E-state index in [1.807, 2.05) is 6.92 Å². The van der Waals surface area contributed by atoms with Gasteiger partial charge in [0.15, 0.2) is 0 Å². The van der Waals surface area contributed by atoms with E-state index in [0.717, 1.165) is 6.42 Å². The highest BCUT2D eigenvalue weighted by atomic mass is 16.5. The van der Waals surface area contributed by atoms with Crippen molar-refractivity contribution in [1.82, 2.24) is 10.3 Å². The zero-order valence-corrected chi connectivity index (χ0v) is 9.56. The Bertz CT molecular complexity index is 355. The van der Waals surface area contributed by atoms with Crippen LogP contribution in [0.4, 0.5) is 5.69 Å². The van der Waals surface area contributed by atoms with Gasteiger partial charge in [-0.15, -0.1) is 0 Å². The molecule has 5 heteroatoms. The molecule has 0 bridgehead atoms. The molecule has 88 valence electrons. The van der Waals surface area contributed by atoms with Gasteiger partial charge in [-0.25, -0.2) is 0 Å². The maximum atomic E-state index is 11.8. The minimum absolute atomic E-state index is 0.000676. The number of ether oxygens (including phenoxy) is 1. The second kappa shape index (κ2) is 6.07. The SMILES string of the molecule is CCC(COC)NC(=O)c1cc(N)ccn1. The number of hydrogen-bond acceptors (Lipinski definition) is 4. The summed E-state index contributed by atoms with van der Waals surface area (Å²) in [5.74, 6) is -0.226. The molecule has 0 aliphatic heterocycles. The number of aromatic nitrogens is 1. The number of nitrogens with two attached hydrogens (primary N) is 1. The molecule has 0 aliphatic rings. The molecule has 0 saturated heterocycles. The van der Waals surface area contributed by atoms with Crippen LogP contribution in [-0.4, -0.2) is 30.6 Å². The van der Waals surface area contributed by atoms with Gasteiger partial charge in [0, 0.05) is 19.0 Å². The summed E-state index contributed by atoms with van der Waals surface area (Å²) < 4.78 is 5.00. The van der Waals surface area contributed by atoms with Crippen molar-refractivity contribution in [2.24, 2.45) is 0 Å². The lowest BCUT2D eigenvalue weighted by molar-refractivity contribution is 0.0889. The molecule has 1 amide bonds. The van der Waals surface area contributed by atoms with Gasteiger partial charge in [0.2, 0.25) is 0 Å². The van der Waals surface area contributed by atoms with Gasteiger partial charge in [-0.1, -0.05) is 6.92 Å². The molecule has 0 spiro atoms. The van der Waals surface area contributed by atoms with Crippen molar-refractivity contribution in [2.45, 2.75) is 19.4 Å². The van der Waals surface area contributed by atoms with Gasteiger partial charge in [-0.05, 0) is 18.6 Å². The van der Waals surface area contributed by atoms with Crippen molar-refractivity contribution >= 4 is 11.6 Å². The normalized spacial score (nSPS) is 12.1. The summed E-state index contributed by atoms with van der Waals surface area (Å²) in [6.45, 7) is 2.47. The summed E-state index contributed by atoms with van der Waals surface area (Å²) in [6, 6.07) is 3.19. The van der Waals surface area contributed by atoms with E-state index in [-0.39, 0.29) is 11.9 Å². The van der Waals surface area contributed by atoms with E-state index in [2.05, 4.69) is 10.3 Å². The summed E-state index contributed by atoms with van der Waals surface area (Å²) in [7, 11) is 1.60. The Morgan fingerprint density at radius 3 is 3.00 bits per heavy atom. The molecule has 0 radical (unpaired) electrons. The maximum absolute atomic E-state index is 11.8. The van der Waals surface area contributed by atoms with Crippen molar-refractivity contribution in [3.05, 3.63) is 24.0 Å². The largest absolute Gasteiger partial charge is 0.399 e. The molecule has 0 aromatic carbocycles. The van der Waals surface area contributed by atoms with Crippen LogP contribution in [0.3, 0.4) is 0 Å². The minimum Gasteiger partial charge on any atom is -0.399 e. The number of carbonyl (C=O) groups excluding carboxylic acids is 1. The van der Waals surface area contributed by atoms with Gasteiger partial charge in [0.1, 0.15) is 5.69 Å². The van der Waals surface area contributed by atoms with Gasteiger partial charge >= 0.3 is 0 Å². The minimum atomic E-state index is -0.226. The molecule has 1 atom stereocenters.